The molecule has 0 aliphatic rings. The van der Waals surface area contributed by atoms with Gasteiger partial charge in [0.15, 0.2) is 11.6 Å². The molecule has 17 heavy (non-hydrogen) atoms. The molecule has 0 heterocycles. The molecular weight excluding hydrogens is 221 g/mol. The Morgan fingerprint density at radius 1 is 1.47 bits per heavy atom. The standard InChI is InChI=1S/C13H20FNO2/c1-4-9(2)15-8-12(16)10-5-6-13(17-3)11(14)7-10/h5-7,9,12,15-16H,4,8H2,1-3H3. The SMILES string of the molecule is CCC(C)NCC(O)c1ccc(OC)c(F)c1. The lowest BCUT2D eigenvalue weighted by Crippen LogP contribution is -2.29. The minimum Gasteiger partial charge on any atom is -0.494 e. The lowest BCUT2D eigenvalue weighted by Gasteiger charge is -2.16. The van der Waals surface area contributed by atoms with Gasteiger partial charge in [0.05, 0.1) is 13.2 Å². The first-order chi connectivity index (χ1) is 8.08. The summed E-state index contributed by atoms with van der Waals surface area (Å²) in [5.41, 5.74) is 0.555. The lowest BCUT2D eigenvalue weighted by molar-refractivity contribution is 0.170. The number of methoxy groups -OCH3 is 1. The van der Waals surface area contributed by atoms with Crippen LogP contribution in [0.15, 0.2) is 18.2 Å². The van der Waals surface area contributed by atoms with Crippen LogP contribution in [0.1, 0.15) is 31.9 Å². The first-order valence-electron chi connectivity index (χ1n) is 5.83. The first-order valence-corrected chi connectivity index (χ1v) is 5.83. The van der Waals surface area contributed by atoms with E-state index in [1.54, 1.807) is 6.07 Å². The van der Waals surface area contributed by atoms with E-state index in [4.69, 9.17) is 4.74 Å². The topological polar surface area (TPSA) is 41.5 Å². The van der Waals surface area contributed by atoms with Gasteiger partial charge in [-0.05, 0) is 31.0 Å². The molecule has 0 saturated carbocycles. The zero-order valence-electron chi connectivity index (χ0n) is 10.5. The number of halogens is 1. The van der Waals surface area contributed by atoms with Gasteiger partial charge in [0.2, 0.25) is 0 Å². The van der Waals surface area contributed by atoms with Gasteiger partial charge in [0, 0.05) is 12.6 Å². The van der Waals surface area contributed by atoms with Crippen molar-refractivity contribution < 1.29 is 14.2 Å². The van der Waals surface area contributed by atoms with E-state index in [0.717, 1.165) is 6.42 Å². The van der Waals surface area contributed by atoms with Crippen LogP contribution in [-0.2, 0) is 0 Å². The molecule has 4 heteroatoms. The van der Waals surface area contributed by atoms with Gasteiger partial charge in [-0.25, -0.2) is 4.39 Å². The summed E-state index contributed by atoms with van der Waals surface area (Å²) in [6.45, 7) is 4.53. The van der Waals surface area contributed by atoms with Crippen molar-refractivity contribution in [2.75, 3.05) is 13.7 Å². The van der Waals surface area contributed by atoms with Crippen LogP contribution in [0, 0.1) is 5.82 Å². The molecule has 2 unspecified atom stereocenters. The van der Waals surface area contributed by atoms with Crippen LogP contribution in [0.4, 0.5) is 4.39 Å². The van der Waals surface area contributed by atoms with Crippen LogP contribution in [0.2, 0.25) is 0 Å². The molecular formula is C13H20FNO2. The van der Waals surface area contributed by atoms with E-state index in [9.17, 15) is 9.50 Å². The maximum atomic E-state index is 13.4. The number of benzene rings is 1. The number of rotatable bonds is 6. The minimum absolute atomic E-state index is 0.191. The van der Waals surface area contributed by atoms with Gasteiger partial charge in [0.1, 0.15) is 0 Å². The Kier molecular flexibility index (Phi) is 5.38. The minimum atomic E-state index is -0.704. The smallest absolute Gasteiger partial charge is 0.165 e. The molecule has 0 spiro atoms. The molecule has 0 bridgehead atoms. The molecule has 0 aliphatic carbocycles. The maximum absolute atomic E-state index is 13.4. The monoisotopic (exact) mass is 241 g/mol. The second kappa shape index (κ2) is 6.57. The third-order valence-corrected chi connectivity index (χ3v) is 2.83. The molecule has 0 aromatic heterocycles. The number of aliphatic hydroxyl groups excluding tert-OH is 1. The summed E-state index contributed by atoms with van der Waals surface area (Å²) >= 11 is 0. The average Bonchev–Trinajstić information content (AvgIpc) is 2.35. The Balaban J connectivity index is 2.63. The highest BCUT2D eigenvalue weighted by atomic mass is 19.1. The number of nitrogens with one attached hydrogen (secondary N) is 1. The number of ether oxygens (including phenoxy) is 1. The van der Waals surface area contributed by atoms with E-state index >= 15 is 0 Å². The van der Waals surface area contributed by atoms with E-state index in [2.05, 4.69) is 12.2 Å². The summed E-state index contributed by atoms with van der Waals surface area (Å²) in [7, 11) is 1.42. The molecule has 1 rings (SSSR count). The number of aliphatic hydroxyl groups is 1. The van der Waals surface area contributed by atoms with Crippen molar-refractivity contribution in [1.82, 2.24) is 5.32 Å². The van der Waals surface area contributed by atoms with E-state index in [1.165, 1.54) is 19.2 Å². The summed E-state index contributed by atoms with van der Waals surface area (Å²) in [4.78, 5) is 0. The van der Waals surface area contributed by atoms with Gasteiger partial charge in [-0.1, -0.05) is 13.0 Å². The van der Waals surface area contributed by atoms with Crippen LogP contribution >= 0.6 is 0 Å². The van der Waals surface area contributed by atoms with Crippen molar-refractivity contribution in [3.63, 3.8) is 0 Å². The Hall–Kier alpha value is -1.13. The van der Waals surface area contributed by atoms with E-state index in [0.29, 0.717) is 18.2 Å². The van der Waals surface area contributed by atoms with Crippen LogP contribution < -0.4 is 10.1 Å². The van der Waals surface area contributed by atoms with Gasteiger partial charge in [-0.15, -0.1) is 0 Å². The molecule has 0 fully saturated rings. The summed E-state index contributed by atoms with van der Waals surface area (Å²) in [6.07, 6.45) is 0.286. The van der Waals surface area contributed by atoms with Crippen LogP contribution in [0.25, 0.3) is 0 Å². The molecule has 0 radical (unpaired) electrons. The second-order valence-electron chi connectivity index (χ2n) is 4.13. The van der Waals surface area contributed by atoms with Crippen LogP contribution in [0.3, 0.4) is 0 Å². The summed E-state index contributed by atoms with van der Waals surface area (Å²) in [5, 5.41) is 13.1. The van der Waals surface area contributed by atoms with Gasteiger partial charge in [0.25, 0.3) is 0 Å². The predicted molar refractivity (Wildman–Crippen MR) is 65.7 cm³/mol. The van der Waals surface area contributed by atoms with Crippen molar-refractivity contribution in [3.05, 3.63) is 29.6 Å². The zero-order valence-corrected chi connectivity index (χ0v) is 10.5. The second-order valence-corrected chi connectivity index (χ2v) is 4.13. The van der Waals surface area contributed by atoms with Gasteiger partial charge < -0.3 is 15.2 Å². The fraction of sp³-hybridized carbons (Fsp3) is 0.538. The Bertz CT molecular complexity index is 357. The molecule has 2 atom stereocenters. The molecule has 96 valence electrons. The Morgan fingerprint density at radius 3 is 2.71 bits per heavy atom. The normalized spacial score (nSPS) is 14.4. The van der Waals surface area contributed by atoms with Crippen molar-refractivity contribution >= 4 is 0 Å². The fourth-order valence-corrected chi connectivity index (χ4v) is 1.46. The lowest BCUT2D eigenvalue weighted by atomic mass is 10.1. The van der Waals surface area contributed by atoms with E-state index in [-0.39, 0.29) is 5.75 Å². The number of hydrogen-bond donors (Lipinski definition) is 2. The molecule has 0 aliphatic heterocycles. The molecule has 3 nitrogen and oxygen atoms in total. The Labute approximate surface area is 102 Å². The van der Waals surface area contributed by atoms with Gasteiger partial charge in [-0.2, -0.15) is 0 Å². The fourth-order valence-electron chi connectivity index (χ4n) is 1.46. The first kappa shape index (κ1) is 13.9. The highest BCUT2D eigenvalue weighted by Crippen LogP contribution is 2.21. The summed E-state index contributed by atoms with van der Waals surface area (Å²) < 4.78 is 18.2. The van der Waals surface area contributed by atoms with Crippen molar-refractivity contribution in [3.8, 4) is 5.75 Å². The zero-order chi connectivity index (χ0) is 12.8. The number of hydrogen-bond acceptors (Lipinski definition) is 3. The van der Waals surface area contributed by atoms with Crippen molar-refractivity contribution in [2.24, 2.45) is 0 Å². The molecule has 0 amide bonds. The van der Waals surface area contributed by atoms with Crippen LogP contribution in [0.5, 0.6) is 5.75 Å². The summed E-state index contributed by atoms with van der Waals surface area (Å²) in [5.74, 6) is -0.261. The quantitative estimate of drug-likeness (QED) is 0.802. The molecule has 0 saturated heterocycles. The van der Waals surface area contributed by atoms with Crippen molar-refractivity contribution in [1.29, 1.82) is 0 Å². The van der Waals surface area contributed by atoms with Crippen molar-refractivity contribution in [2.45, 2.75) is 32.4 Å². The molecule has 1 aromatic carbocycles. The van der Waals surface area contributed by atoms with Gasteiger partial charge >= 0.3 is 0 Å². The summed E-state index contributed by atoms with van der Waals surface area (Å²) in [6, 6.07) is 4.84. The van der Waals surface area contributed by atoms with E-state index < -0.39 is 11.9 Å². The molecule has 1 aromatic rings. The highest BCUT2D eigenvalue weighted by Gasteiger charge is 2.11. The van der Waals surface area contributed by atoms with Crippen LogP contribution in [-0.4, -0.2) is 24.8 Å². The average molecular weight is 241 g/mol. The molecule has 2 N–H and O–H groups in total. The highest BCUT2D eigenvalue weighted by molar-refractivity contribution is 5.30. The predicted octanol–water partition coefficient (Wildman–Crippen LogP) is 2.26. The third-order valence-electron chi connectivity index (χ3n) is 2.83. The maximum Gasteiger partial charge on any atom is 0.165 e. The van der Waals surface area contributed by atoms with E-state index in [1.807, 2.05) is 6.92 Å². The Morgan fingerprint density at radius 2 is 2.18 bits per heavy atom. The van der Waals surface area contributed by atoms with Gasteiger partial charge in [-0.3, -0.25) is 0 Å². The largest absolute Gasteiger partial charge is 0.494 e. The third kappa shape index (κ3) is 3.98.